The van der Waals surface area contributed by atoms with E-state index in [0.717, 1.165) is 56.7 Å². The van der Waals surface area contributed by atoms with Crippen molar-refractivity contribution in [3.05, 3.63) is 47.0 Å². The van der Waals surface area contributed by atoms with Crippen LogP contribution in [0.3, 0.4) is 0 Å². The molecule has 2 aliphatic rings. The highest BCUT2D eigenvalue weighted by atomic mass is 35.5. The van der Waals surface area contributed by atoms with Crippen LogP contribution in [0, 0.1) is 11.8 Å². The van der Waals surface area contributed by atoms with Gasteiger partial charge in [-0.1, -0.05) is 11.6 Å². The molecule has 10 nitrogen and oxygen atoms in total. The van der Waals surface area contributed by atoms with Crippen LogP contribution in [-0.4, -0.2) is 79.8 Å². The first-order valence-corrected chi connectivity index (χ1v) is 13.9. The Labute approximate surface area is 236 Å². The summed E-state index contributed by atoms with van der Waals surface area (Å²) in [6, 6.07) is 7.49. The highest BCUT2D eigenvalue weighted by molar-refractivity contribution is 6.29. The standard InChI is InChI=1S/C14H20ClN3O2.C14H21N3O2/c1-14(2,3)20-13(19)18-7-6-10(9-18)8-11-4-5-12(15)17-16-11;1-14(2,3)19-13(18)17-8-6-11(10-17)9-12-5-4-7-15-16-12/h4-5,10H,6-9H2,1-3H3;4-5,7,11H,6,8-10H2,1-3H3/t10-;11-/m00/s1. The molecule has 4 rings (SSSR count). The van der Waals surface area contributed by atoms with Gasteiger partial charge in [0.25, 0.3) is 0 Å². The minimum absolute atomic E-state index is 0.214. The molecule has 214 valence electrons. The number of halogens is 1. The first kappa shape index (κ1) is 30.5. The van der Waals surface area contributed by atoms with Gasteiger partial charge >= 0.3 is 12.2 Å². The zero-order chi connectivity index (χ0) is 28.6. The van der Waals surface area contributed by atoms with Gasteiger partial charge in [-0.05, 0) is 103 Å². The third-order valence-electron chi connectivity index (χ3n) is 6.19. The third-order valence-corrected chi connectivity index (χ3v) is 6.39. The van der Waals surface area contributed by atoms with Crippen LogP contribution >= 0.6 is 11.6 Å². The predicted octanol–water partition coefficient (Wildman–Crippen LogP) is 5.21. The second kappa shape index (κ2) is 13.4. The van der Waals surface area contributed by atoms with E-state index >= 15 is 0 Å². The van der Waals surface area contributed by atoms with Gasteiger partial charge in [0.15, 0.2) is 5.15 Å². The number of aromatic nitrogens is 4. The molecule has 2 amide bonds. The van der Waals surface area contributed by atoms with Crippen LogP contribution in [0.15, 0.2) is 30.5 Å². The van der Waals surface area contributed by atoms with Crippen molar-refractivity contribution < 1.29 is 19.1 Å². The van der Waals surface area contributed by atoms with Crippen LogP contribution in [0.4, 0.5) is 9.59 Å². The van der Waals surface area contributed by atoms with Crippen LogP contribution in [0.2, 0.25) is 5.15 Å². The summed E-state index contributed by atoms with van der Waals surface area (Å²) in [5.41, 5.74) is 1.01. The van der Waals surface area contributed by atoms with Gasteiger partial charge in [-0.25, -0.2) is 9.59 Å². The van der Waals surface area contributed by atoms with E-state index in [-0.39, 0.29) is 12.2 Å². The Morgan fingerprint density at radius 3 is 1.74 bits per heavy atom. The summed E-state index contributed by atoms with van der Waals surface area (Å²) in [5, 5.41) is 16.2. The summed E-state index contributed by atoms with van der Waals surface area (Å²) in [7, 11) is 0. The lowest BCUT2D eigenvalue weighted by Crippen LogP contribution is -2.35. The summed E-state index contributed by atoms with van der Waals surface area (Å²) in [4.78, 5) is 27.4. The molecule has 0 N–H and O–H groups in total. The number of hydrogen-bond donors (Lipinski definition) is 0. The predicted molar refractivity (Wildman–Crippen MR) is 148 cm³/mol. The lowest BCUT2D eigenvalue weighted by atomic mass is 10.0. The van der Waals surface area contributed by atoms with Gasteiger partial charge in [-0.15, -0.1) is 5.10 Å². The van der Waals surface area contributed by atoms with E-state index in [1.165, 1.54) is 0 Å². The normalized spacial score (nSPS) is 19.4. The molecule has 0 aliphatic carbocycles. The molecule has 39 heavy (non-hydrogen) atoms. The summed E-state index contributed by atoms with van der Waals surface area (Å²) in [6.07, 6.45) is 4.86. The molecule has 2 atom stereocenters. The number of carbonyl (C=O) groups is 2. The number of rotatable bonds is 4. The van der Waals surface area contributed by atoms with E-state index < -0.39 is 11.2 Å². The van der Waals surface area contributed by atoms with Crippen molar-refractivity contribution in [1.82, 2.24) is 30.2 Å². The van der Waals surface area contributed by atoms with Gasteiger partial charge in [0.05, 0.1) is 11.4 Å². The smallest absolute Gasteiger partial charge is 0.410 e. The van der Waals surface area contributed by atoms with Gasteiger partial charge in [-0.3, -0.25) is 0 Å². The van der Waals surface area contributed by atoms with E-state index in [0.29, 0.717) is 23.5 Å². The van der Waals surface area contributed by atoms with Crippen LogP contribution in [-0.2, 0) is 22.3 Å². The summed E-state index contributed by atoms with van der Waals surface area (Å²) in [6.45, 7) is 14.2. The molecule has 2 aromatic rings. The molecule has 0 radical (unpaired) electrons. The van der Waals surface area contributed by atoms with E-state index in [1.807, 2.05) is 59.7 Å². The molecular formula is C28H41ClN6O4. The van der Waals surface area contributed by atoms with Crippen molar-refractivity contribution >= 4 is 23.8 Å². The molecule has 2 fully saturated rings. The molecule has 11 heteroatoms. The number of likely N-dealkylation sites (tertiary alicyclic amines) is 2. The Balaban J connectivity index is 0.000000216. The molecule has 0 spiro atoms. The average molecular weight is 561 g/mol. The monoisotopic (exact) mass is 560 g/mol. The Morgan fingerprint density at radius 1 is 0.821 bits per heavy atom. The average Bonchev–Trinajstić information content (AvgIpc) is 3.50. The number of ether oxygens (including phenoxy) is 2. The summed E-state index contributed by atoms with van der Waals surface area (Å²) >= 11 is 5.71. The van der Waals surface area contributed by atoms with Crippen LogP contribution in [0.5, 0.6) is 0 Å². The Hall–Kier alpha value is -3.01. The zero-order valence-electron chi connectivity index (χ0n) is 23.9. The van der Waals surface area contributed by atoms with Crippen molar-refractivity contribution in [3.63, 3.8) is 0 Å². The number of amides is 2. The Morgan fingerprint density at radius 2 is 1.33 bits per heavy atom. The molecule has 0 bridgehead atoms. The fraction of sp³-hybridized carbons (Fsp3) is 0.643. The molecule has 0 saturated carbocycles. The Kier molecular flexibility index (Phi) is 10.5. The molecular weight excluding hydrogens is 520 g/mol. The fourth-order valence-corrected chi connectivity index (χ4v) is 4.57. The van der Waals surface area contributed by atoms with E-state index in [9.17, 15) is 9.59 Å². The molecule has 2 saturated heterocycles. The van der Waals surface area contributed by atoms with Crippen LogP contribution in [0.1, 0.15) is 65.8 Å². The van der Waals surface area contributed by atoms with E-state index in [4.69, 9.17) is 21.1 Å². The first-order valence-electron chi connectivity index (χ1n) is 13.5. The maximum Gasteiger partial charge on any atom is 0.410 e. The highest BCUT2D eigenvalue weighted by Crippen LogP contribution is 2.23. The minimum Gasteiger partial charge on any atom is -0.444 e. The van der Waals surface area contributed by atoms with Crippen LogP contribution in [0.25, 0.3) is 0 Å². The van der Waals surface area contributed by atoms with Gasteiger partial charge in [0.2, 0.25) is 0 Å². The molecule has 0 aromatic carbocycles. The topological polar surface area (TPSA) is 111 Å². The van der Waals surface area contributed by atoms with Crippen molar-refractivity contribution in [3.8, 4) is 0 Å². The van der Waals surface area contributed by atoms with Gasteiger partial charge in [-0.2, -0.15) is 15.3 Å². The van der Waals surface area contributed by atoms with Gasteiger partial charge in [0.1, 0.15) is 11.2 Å². The lowest BCUT2D eigenvalue weighted by molar-refractivity contribution is 0.0277. The zero-order valence-corrected chi connectivity index (χ0v) is 24.6. The maximum absolute atomic E-state index is 12.0. The summed E-state index contributed by atoms with van der Waals surface area (Å²) < 4.78 is 10.8. The van der Waals surface area contributed by atoms with Gasteiger partial charge < -0.3 is 19.3 Å². The van der Waals surface area contributed by atoms with Crippen molar-refractivity contribution in [2.24, 2.45) is 11.8 Å². The SMILES string of the molecule is CC(C)(C)OC(=O)N1CC[C@@H](Cc2ccc(Cl)nn2)C1.CC(C)(C)OC(=O)N1CC[C@@H](Cc2cccnn2)C1. The van der Waals surface area contributed by atoms with Crippen molar-refractivity contribution in [2.75, 3.05) is 26.2 Å². The second-order valence-electron chi connectivity index (χ2n) is 12.1. The number of carbonyl (C=O) groups excluding carboxylic acids is 2. The second-order valence-corrected chi connectivity index (χ2v) is 12.5. The lowest BCUT2D eigenvalue weighted by Gasteiger charge is -2.24. The third kappa shape index (κ3) is 10.9. The van der Waals surface area contributed by atoms with Crippen LogP contribution < -0.4 is 0 Å². The van der Waals surface area contributed by atoms with Crippen molar-refractivity contribution in [1.29, 1.82) is 0 Å². The first-order chi connectivity index (χ1) is 18.3. The van der Waals surface area contributed by atoms with Crippen molar-refractivity contribution in [2.45, 2.75) is 78.4 Å². The van der Waals surface area contributed by atoms with E-state index in [2.05, 4.69) is 20.4 Å². The number of hydrogen-bond acceptors (Lipinski definition) is 8. The quantitative estimate of drug-likeness (QED) is 0.501. The maximum atomic E-state index is 12.0. The summed E-state index contributed by atoms with van der Waals surface area (Å²) in [5.74, 6) is 0.849. The number of nitrogens with zero attached hydrogens (tertiary/aromatic N) is 6. The fourth-order valence-electron chi connectivity index (χ4n) is 4.47. The highest BCUT2D eigenvalue weighted by Gasteiger charge is 2.31. The molecule has 2 aliphatic heterocycles. The van der Waals surface area contributed by atoms with E-state index in [1.54, 1.807) is 22.1 Å². The molecule has 0 unspecified atom stereocenters. The molecule has 4 heterocycles. The van der Waals surface area contributed by atoms with Gasteiger partial charge in [0, 0.05) is 32.4 Å². The Bertz CT molecular complexity index is 1070. The minimum atomic E-state index is -0.448. The molecule has 2 aromatic heterocycles. The largest absolute Gasteiger partial charge is 0.444 e.